The highest BCUT2D eigenvalue weighted by Crippen LogP contribution is 2.29. The molecule has 0 aliphatic carbocycles. The summed E-state index contributed by atoms with van der Waals surface area (Å²) in [6.45, 7) is 0. The van der Waals surface area contributed by atoms with Crippen LogP contribution in [0.2, 0.25) is 0 Å². The Morgan fingerprint density at radius 2 is 1.94 bits per heavy atom. The summed E-state index contributed by atoms with van der Waals surface area (Å²) in [5, 5.41) is 1.77. The minimum atomic E-state index is -4.23. The molecular weight excluding hydrogens is 262 g/mol. The Bertz CT molecular complexity index is 514. The fraction of sp³-hybridized carbons (Fsp3) is 0.300. The van der Waals surface area contributed by atoms with Gasteiger partial charge in [-0.2, -0.15) is 8.42 Å². The van der Waals surface area contributed by atoms with E-state index in [1.165, 1.54) is 0 Å². The maximum atomic E-state index is 11.5. The molecule has 17 heavy (non-hydrogen) atoms. The van der Waals surface area contributed by atoms with Crippen LogP contribution in [0, 0.1) is 0 Å². The Hall–Kier alpha value is -1.05. The van der Waals surface area contributed by atoms with Crippen molar-refractivity contribution in [2.75, 3.05) is 0 Å². The van der Waals surface area contributed by atoms with E-state index in [0.717, 1.165) is 17.3 Å². The van der Waals surface area contributed by atoms with Crippen molar-refractivity contribution in [3.05, 3.63) is 35.9 Å². The van der Waals surface area contributed by atoms with E-state index < -0.39 is 20.1 Å². The molecule has 2 atom stereocenters. The predicted octanol–water partition coefficient (Wildman–Crippen LogP) is 0.632. The summed E-state index contributed by atoms with van der Waals surface area (Å²) in [5.74, 6) is -0.360. The van der Waals surface area contributed by atoms with Gasteiger partial charge in [0, 0.05) is 0 Å². The van der Waals surface area contributed by atoms with Crippen LogP contribution in [-0.2, 0) is 21.3 Å². The largest absolute Gasteiger partial charge is 0.328 e. The molecule has 1 aliphatic rings. The van der Waals surface area contributed by atoms with E-state index in [4.69, 9.17) is 4.55 Å². The lowest BCUT2D eigenvalue weighted by Gasteiger charge is -2.06. The normalized spacial score (nSPS) is 24.6. The molecule has 1 aliphatic heterocycles. The smallest absolute Gasteiger partial charge is 0.296 e. The van der Waals surface area contributed by atoms with E-state index >= 15 is 0 Å². The molecule has 5 nitrogen and oxygen atoms in total. The monoisotopic (exact) mass is 273 g/mol. The van der Waals surface area contributed by atoms with E-state index in [1.54, 1.807) is 0 Å². The quantitative estimate of drug-likeness (QED) is 0.789. The number of benzene rings is 1. The lowest BCUT2D eigenvalue weighted by Crippen LogP contribution is -2.32. The number of amides is 1. The van der Waals surface area contributed by atoms with Crippen LogP contribution in [0.1, 0.15) is 5.56 Å². The Morgan fingerprint density at radius 1 is 1.29 bits per heavy atom. The van der Waals surface area contributed by atoms with E-state index in [2.05, 4.69) is 5.32 Å². The first-order chi connectivity index (χ1) is 7.97. The van der Waals surface area contributed by atoms with E-state index in [9.17, 15) is 13.2 Å². The predicted molar refractivity (Wildman–Crippen MR) is 65.0 cm³/mol. The third kappa shape index (κ3) is 2.99. The molecule has 1 fully saturated rings. The summed E-state index contributed by atoms with van der Waals surface area (Å²) in [7, 11) is -4.23. The van der Waals surface area contributed by atoms with Crippen LogP contribution in [0.4, 0.5) is 0 Å². The van der Waals surface area contributed by atoms with Crippen molar-refractivity contribution in [2.24, 2.45) is 0 Å². The molecule has 7 heteroatoms. The fourth-order valence-corrected chi connectivity index (χ4v) is 3.76. The molecule has 1 heterocycles. The zero-order valence-electron chi connectivity index (χ0n) is 8.74. The molecular formula is C10H11NO4S2. The van der Waals surface area contributed by atoms with Gasteiger partial charge in [-0.15, -0.1) is 11.8 Å². The Morgan fingerprint density at radius 3 is 2.47 bits per heavy atom. The third-order valence-electron chi connectivity index (χ3n) is 2.37. The Labute approximate surface area is 103 Å². The third-order valence-corrected chi connectivity index (χ3v) is 5.17. The Balaban J connectivity index is 2.07. The number of nitrogens with one attached hydrogen (secondary N) is 1. The van der Waals surface area contributed by atoms with Gasteiger partial charge in [0.05, 0.1) is 5.25 Å². The number of carbonyl (C=O) groups is 1. The lowest BCUT2D eigenvalue weighted by atomic mass is 10.1. The lowest BCUT2D eigenvalue weighted by molar-refractivity contribution is -0.119. The molecule has 0 radical (unpaired) electrons. The van der Waals surface area contributed by atoms with Gasteiger partial charge in [0.25, 0.3) is 10.1 Å². The molecule has 0 bridgehead atoms. The van der Waals surface area contributed by atoms with Crippen molar-refractivity contribution in [3.8, 4) is 0 Å². The van der Waals surface area contributed by atoms with Gasteiger partial charge < -0.3 is 5.32 Å². The molecule has 2 rings (SSSR count). The second kappa shape index (κ2) is 4.67. The van der Waals surface area contributed by atoms with Crippen LogP contribution in [0.5, 0.6) is 0 Å². The van der Waals surface area contributed by atoms with Gasteiger partial charge in [0.15, 0.2) is 0 Å². The van der Waals surface area contributed by atoms with Crippen LogP contribution in [0.25, 0.3) is 0 Å². The van der Waals surface area contributed by atoms with Crippen LogP contribution < -0.4 is 5.32 Å². The number of thioether (sulfide) groups is 1. The maximum absolute atomic E-state index is 11.5. The number of carbonyl (C=O) groups excluding carboxylic acids is 1. The second-order valence-electron chi connectivity index (χ2n) is 3.67. The van der Waals surface area contributed by atoms with Crippen molar-refractivity contribution < 1.29 is 17.8 Å². The average Bonchev–Trinajstić information content (AvgIpc) is 2.62. The van der Waals surface area contributed by atoms with Crippen LogP contribution >= 0.6 is 11.8 Å². The molecule has 1 saturated heterocycles. The molecule has 92 valence electrons. The highest BCUT2D eigenvalue weighted by Gasteiger charge is 2.39. The summed E-state index contributed by atoms with van der Waals surface area (Å²) in [6.07, 6.45) is 0.448. The maximum Gasteiger partial charge on any atom is 0.296 e. The highest BCUT2D eigenvalue weighted by atomic mass is 32.3. The van der Waals surface area contributed by atoms with Crippen molar-refractivity contribution in [1.29, 1.82) is 0 Å². The molecule has 0 spiro atoms. The van der Waals surface area contributed by atoms with Gasteiger partial charge in [-0.25, -0.2) is 0 Å². The molecule has 1 aromatic carbocycles. The van der Waals surface area contributed by atoms with Crippen molar-refractivity contribution in [3.63, 3.8) is 0 Å². The number of hydrogen-bond donors (Lipinski definition) is 2. The molecule has 2 unspecified atom stereocenters. The highest BCUT2D eigenvalue weighted by molar-refractivity contribution is 8.12. The molecule has 1 amide bonds. The van der Waals surface area contributed by atoms with Gasteiger partial charge in [-0.1, -0.05) is 30.3 Å². The summed E-state index contributed by atoms with van der Waals surface area (Å²) >= 11 is 0.922. The van der Waals surface area contributed by atoms with Gasteiger partial charge in [0.1, 0.15) is 0 Å². The second-order valence-corrected chi connectivity index (χ2v) is 6.78. The Kier molecular flexibility index (Phi) is 3.41. The van der Waals surface area contributed by atoms with Crippen molar-refractivity contribution in [2.45, 2.75) is 16.4 Å². The van der Waals surface area contributed by atoms with E-state index in [0.29, 0.717) is 6.42 Å². The average molecular weight is 273 g/mol. The first-order valence-electron chi connectivity index (χ1n) is 4.93. The van der Waals surface area contributed by atoms with Crippen LogP contribution in [0.15, 0.2) is 30.3 Å². The van der Waals surface area contributed by atoms with Gasteiger partial charge in [-0.3, -0.25) is 9.35 Å². The van der Waals surface area contributed by atoms with E-state index in [-0.39, 0.29) is 5.91 Å². The first-order valence-corrected chi connectivity index (χ1v) is 7.37. The fourth-order valence-electron chi connectivity index (χ4n) is 1.57. The summed E-state index contributed by atoms with van der Waals surface area (Å²) in [5.41, 5.74) is 0.955. The SMILES string of the molecule is O=C1NC(S(=O)(=O)O)SC1Cc1ccccc1. The number of hydrogen-bond acceptors (Lipinski definition) is 4. The molecule has 0 saturated carbocycles. The van der Waals surface area contributed by atoms with E-state index in [1.807, 2.05) is 30.3 Å². The van der Waals surface area contributed by atoms with Crippen LogP contribution in [-0.4, -0.2) is 28.8 Å². The molecule has 0 aromatic heterocycles. The molecule has 1 aromatic rings. The number of rotatable bonds is 3. The first kappa shape index (κ1) is 12.4. The molecule has 2 N–H and O–H groups in total. The van der Waals surface area contributed by atoms with Crippen molar-refractivity contribution >= 4 is 27.8 Å². The zero-order valence-corrected chi connectivity index (χ0v) is 10.4. The minimum absolute atomic E-state index is 0.360. The van der Waals surface area contributed by atoms with Gasteiger partial charge in [0.2, 0.25) is 10.6 Å². The topological polar surface area (TPSA) is 83.5 Å². The summed E-state index contributed by atoms with van der Waals surface area (Å²) in [4.78, 5) is 11.5. The minimum Gasteiger partial charge on any atom is -0.328 e. The summed E-state index contributed by atoms with van der Waals surface area (Å²) in [6, 6.07) is 9.32. The van der Waals surface area contributed by atoms with Gasteiger partial charge in [-0.05, 0) is 12.0 Å². The van der Waals surface area contributed by atoms with Crippen molar-refractivity contribution in [1.82, 2.24) is 5.32 Å². The zero-order chi connectivity index (χ0) is 12.5. The summed E-state index contributed by atoms with van der Waals surface area (Å²) < 4.78 is 29.4. The van der Waals surface area contributed by atoms with Crippen LogP contribution in [0.3, 0.4) is 0 Å². The van der Waals surface area contributed by atoms with Gasteiger partial charge >= 0.3 is 0 Å². The standard InChI is InChI=1S/C10H11NO4S2/c12-9-8(6-7-4-2-1-3-5-7)16-10(11-9)17(13,14)15/h1-5,8,10H,6H2,(H,11,12)(H,13,14,15).